The predicted molar refractivity (Wildman–Crippen MR) is 91.1 cm³/mol. The molecule has 2 aromatic carbocycles. The van der Waals surface area contributed by atoms with Gasteiger partial charge in [-0.3, -0.25) is 0 Å². The van der Waals surface area contributed by atoms with Gasteiger partial charge in [-0.25, -0.2) is 13.1 Å². The summed E-state index contributed by atoms with van der Waals surface area (Å²) in [5, 5.41) is -0.949. The monoisotopic (exact) mass is 351 g/mol. The first-order valence-corrected chi connectivity index (χ1v) is 9.06. The lowest BCUT2D eigenvalue weighted by Gasteiger charge is -2.20. The van der Waals surface area contributed by atoms with Crippen LogP contribution in [0.25, 0.3) is 0 Å². The van der Waals surface area contributed by atoms with Crippen LogP contribution in [0.1, 0.15) is 11.1 Å². The zero-order chi connectivity index (χ0) is 16.9. The fraction of sp³-hybridized carbons (Fsp3) is 0.235. The van der Waals surface area contributed by atoms with Gasteiger partial charge in [0.2, 0.25) is 10.0 Å². The minimum atomic E-state index is -3.74. The van der Waals surface area contributed by atoms with Crippen LogP contribution in [-0.2, 0) is 21.2 Å². The molecule has 6 heteroatoms. The molecule has 0 aromatic heterocycles. The molecule has 23 heavy (non-hydrogen) atoms. The summed E-state index contributed by atoms with van der Waals surface area (Å²) < 4.78 is 27.5. The van der Waals surface area contributed by atoms with Crippen molar-refractivity contribution in [3.8, 4) is 0 Å². The molecule has 2 atom stereocenters. The Morgan fingerprint density at radius 1 is 1.09 bits per heavy atom. The molecule has 0 bridgehead atoms. The first kappa shape index (κ1) is 17.7. The summed E-state index contributed by atoms with van der Waals surface area (Å²) in [5.74, 6) is 0. The van der Waals surface area contributed by atoms with Crippen molar-refractivity contribution in [2.75, 3.05) is 0 Å². The minimum absolute atomic E-state index is 0.149. The number of halogens is 1. The molecule has 0 aliphatic carbocycles. The largest absolute Gasteiger partial charge is 0.302 e. The maximum atomic E-state index is 12.5. The van der Waals surface area contributed by atoms with Crippen LogP contribution in [0.2, 0.25) is 0 Å². The van der Waals surface area contributed by atoms with Crippen molar-refractivity contribution in [1.29, 1.82) is 0 Å². The second kappa shape index (κ2) is 7.73. The van der Waals surface area contributed by atoms with E-state index in [1.807, 2.05) is 37.3 Å². The van der Waals surface area contributed by atoms with E-state index >= 15 is 0 Å². The van der Waals surface area contributed by atoms with Crippen molar-refractivity contribution in [2.45, 2.75) is 29.7 Å². The highest BCUT2D eigenvalue weighted by Crippen LogP contribution is 2.15. The van der Waals surface area contributed by atoms with Gasteiger partial charge in [-0.05, 0) is 31.0 Å². The van der Waals surface area contributed by atoms with Crippen molar-refractivity contribution in [3.05, 3.63) is 65.7 Å². The van der Waals surface area contributed by atoms with Crippen LogP contribution in [0.15, 0.2) is 59.5 Å². The lowest BCUT2D eigenvalue weighted by atomic mass is 10.0. The van der Waals surface area contributed by atoms with Gasteiger partial charge in [0.1, 0.15) is 11.7 Å². The highest BCUT2D eigenvalue weighted by Gasteiger charge is 2.26. The third-order valence-electron chi connectivity index (χ3n) is 3.45. The lowest BCUT2D eigenvalue weighted by molar-refractivity contribution is -0.107. The number of alkyl halides is 1. The van der Waals surface area contributed by atoms with E-state index in [0.717, 1.165) is 11.1 Å². The molecule has 2 aromatic rings. The Bertz CT molecular complexity index is 745. The zero-order valence-corrected chi connectivity index (χ0v) is 14.2. The van der Waals surface area contributed by atoms with E-state index in [1.54, 1.807) is 12.1 Å². The molecule has 0 saturated heterocycles. The van der Waals surface area contributed by atoms with Gasteiger partial charge in [0, 0.05) is 6.04 Å². The maximum absolute atomic E-state index is 12.5. The Balaban J connectivity index is 2.23. The first-order chi connectivity index (χ1) is 10.9. The third kappa shape index (κ3) is 4.89. The Hall–Kier alpha value is -1.69. The molecule has 0 saturated carbocycles. The molecule has 2 unspecified atom stereocenters. The summed E-state index contributed by atoms with van der Waals surface area (Å²) in [6.45, 7) is 1.88. The molecule has 0 aliphatic rings. The molecule has 4 nitrogen and oxygen atoms in total. The van der Waals surface area contributed by atoms with Gasteiger partial charge in [-0.15, -0.1) is 11.6 Å². The minimum Gasteiger partial charge on any atom is -0.302 e. The first-order valence-electron chi connectivity index (χ1n) is 7.14. The fourth-order valence-corrected chi connectivity index (χ4v) is 3.65. The molecule has 122 valence electrons. The summed E-state index contributed by atoms with van der Waals surface area (Å²) in [7, 11) is -3.74. The van der Waals surface area contributed by atoms with Crippen molar-refractivity contribution >= 4 is 27.9 Å². The number of hydrogen-bond donors (Lipinski definition) is 1. The van der Waals surface area contributed by atoms with E-state index in [1.165, 1.54) is 12.1 Å². The fourth-order valence-electron chi connectivity index (χ4n) is 2.17. The van der Waals surface area contributed by atoms with E-state index < -0.39 is 21.4 Å². The molecular formula is C17H18ClNO3S. The van der Waals surface area contributed by atoms with Crippen molar-refractivity contribution in [2.24, 2.45) is 0 Å². The topological polar surface area (TPSA) is 63.2 Å². The third-order valence-corrected chi connectivity index (χ3v) is 5.36. The molecule has 0 radical (unpaired) electrons. The second-order valence-electron chi connectivity index (χ2n) is 5.31. The Morgan fingerprint density at radius 2 is 1.70 bits per heavy atom. The van der Waals surface area contributed by atoms with Gasteiger partial charge in [-0.2, -0.15) is 0 Å². The number of aryl methyl sites for hydroxylation is 1. The van der Waals surface area contributed by atoms with Crippen LogP contribution in [0.4, 0.5) is 0 Å². The lowest BCUT2D eigenvalue weighted by Crippen LogP contribution is -2.43. The van der Waals surface area contributed by atoms with Gasteiger partial charge >= 0.3 is 0 Å². The Kier molecular flexibility index (Phi) is 5.93. The van der Waals surface area contributed by atoms with Gasteiger partial charge < -0.3 is 4.79 Å². The SMILES string of the molecule is Cc1ccc(S(=O)(=O)NC(Cc2ccccc2)C(Cl)C=O)cc1. The number of nitrogens with one attached hydrogen (secondary N) is 1. The van der Waals surface area contributed by atoms with Gasteiger partial charge in [-0.1, -0.05) is 48.0 Å². The summed E-state index contributed by atoms with van der Waals surface area (Å²) >= 11 is 6.00. The summed E-state index contributed by atoms with van der Waals surface area (Å²) in [6.07, 6.45) is 0.881. The average molecular weight is 352 g/mol. The normalized spacial score (nSPS) is 14.2. The van der Waals surface area contributed by atoms with E-state index in [2.05, 4.69) is 4.72 Å². The predicted octanol–water partition coefficient (Wildman–Crippen LogP) is 2.69. The quantitative estimate of drug-likeness (QED) is 0.616. The smallest absolute Gasteiger partial charge is 0.240 e. The van der Waals surface area contributed by atoms with Crippen LogP contribution in [-0.4, -0.2) is 26.1 Å². The number of carbonyl (C=O) groups excluding carboxylic acids is 1. The maximum Gasteiger partial charge on any atom is 0.240 e. The molecule has 2 rings (SSSR count). The Morgan fingerprint density at radius 3 is 2.26 bits per heavy atom. The number of benzene rings is 2. The van der Waals surface area contributed by atoms with Crippen LogP contribution in [0.5, 0.6) is 0 Å². The molecule has 0 amide bonds. The molecule has 0 spiro atoms. The number of sulfonamides is 1. The van der Waals surface area contributed by atoms with Crippen molar-refractivity contribution in [3.63, 3.8) is 0 Å². The van der Waals surface area contributed by atoms with Crippen molar-refractivity contribution in [1.82, 2.24) is 4.72 Å². The molecular weight excluding hydrogens is 334 g/mol. The molecule has 0 heterocycles. The second-order valence-corrected chi connectivity index (χ2v) is 7.53. The standard InChI is InChI=1S/C17H18ClNO3S/c1-13-7-9-15(10-8-13)23(21,22)19-17(16(18)12-20)11-14-5-3-2-4-6-14/h2-10,12,16-17,19H,11H2,1H3. The zero-order valence-electron chi connectivity index (χ0n) is 12.6. The van der Waals surface area contributed by atoms with E-state index in [-0.39, 0.29) is 4.90 Å². The highest BCUT2D eigenvalue weighted by atomic mass is 35.5. The Labute approximate surface area is 141 Å². The highest BCUT2D eigenvalue weighted by molar-refractivity contribution is 7.89. The molecule has 1 N–H and O–H groups in total. The van der Waals surface area contributed by atoms with Gasteiger partial charge in [0.05, 0.1) is 4.90 Å². The number of carbonyl (C=O) groups is 1. The van der Waals surface area contributed by atoms with Gasteiger partial charge in [0.25, 0.3) is 0 Å². The number of aldehydes is 1. The number of rotatable bonds is 7. The summed E-state index contributed by atoms with van der Waals surface area (Å²) in [6, 6.07) is 15.1. The van der Waals surface area contributed by atoms with E-state index in [0.29, 0.717) is 12.7 Å². The summed E-state index contributed by atoms with van der Waals surface area (Å²) in [5.41, 5.74) is 1.87. The van der Waals surface area contributed by atoms with E-state index in [9.17, 15) is 13.2 Å². The van der Waals surface area contributed by atoms with Gasteiger partial charge in [0.15, 0.2) is 0 Å². The van der Waals surface area contributed by atoms with Crippen molar-refractivity contribution < 1.29 is 13.2 Å². The number of hydrogen-bond acceptors (Lipinski definition) is 3. The van der Waals surface area contributed by atoms with E-state index in [4.69, 9.17) is 11.6 Å². The van der Waals surface area contributed by atoms with Crippen LogP contribution in [0.3, 0.4) is 0 Å². The molecule has 0 aliphatic heterocycles. The summed E-state index contributed by atoms with van der Waals surface area (Å²) in [4.78, 5) is 11.2. The van der Waals surface area contributed by atoms with Crippen LogP contribution >= 0.6 is 11.6 Å². The van der Waals surface area contributed by atoms with Crippen LogP contribution in [0, 0.1) is 6.92 Å². The average Bonchev–Trinajstić information content (AvgIpc) is 2.54. The molecule has 0 fully saturated rings. The van der Waals surface area contributed by atoms with Crippen LogP contribution < -0.4 is 4.72 Å².